The summed E-state index contributed by atoms with van der Waals surface area (Å²) >= 11 is 0. The van der Waals surface area contributed by atoms with Crippen LogP contribution >= 0.6 is 0 Å². The summed E-state index contributed by atoms with van der Waals surface area (Å²) in [5.74, 6) is 1.83. The smallest absolute Gasteiger partial charge is 0.119 e. The minimum atomic E-state index is 0.241. The van der Waals surface area contributed by atoms with Crippen LogP contribution in [-0.2, 0) is 6.54 Å². The molecule has 0 radical (unpaired) electrons. The van der Waals surface area contributed by atoms with Gasteiger partial charge in [-0.05, 0) is 57.2 Å². The first kappa shape index (κ1) is 15.4. The number of benzene rings is 1. The third kappa shape index (κ3) is 4.82. The topological polar surface area (TPSA) is 21.3 Å². The highest BCUT2D eigenvalue weighted by Gasteiger charge is 2.19. The Labute approximate surface area is 123 Å². The monoisotopic (exact) mass is 275 g/mol. The average Bonchev–Trinajstić information content (AvgIpc) is 2.46. The lowest BCUT2D eigenvalue weighted by Gasteiger charge is -2.28. The molecular formula is C18H29NO. The van der Waals surface area contributed by atoms with Crippen LogP contribution in [-0.4, -0.2) is 12.1 Å². The fourth-order valence-corrected chi connectivity index (χ4v) is 3.04. The van der Waals surface area contributed by atoms with Gasteiger partial charge < -0.3 is 10.1 Å². The summed E-state index contributed by atoms with van der Waals surface area (Å²) < 4.78 is 5.67. The third-order valence-electron chi connectivity index (χ3n) is 4.28. The van der Waals surface area contributed by atoms with Gasteiger partial charge in [-0.3, -0.25) is 0 Å². The van der Waals surface area contributed by atoms with Crippen molar-refractivity contribution in [2.24, 2.45) is 5.92 Å². The quantitative estimate of drug-likeness (QED) is 0.823. The maximum Gasteiger partial charge on any atom is 0.119 e. The van der Waals surface area contributed by atoms with E-state index in [1.54, 1.807) is 0 Å². The molecule has 0 aromatic heterocycles. The van der Waals surface area contributed by atoms with E-state index in [9.17, 15) is 0 Å². The van der Waals surface area contributed by atoms with Gasteiger partial charge in [-0.1, -0.05) is 31.4 Å². The van der Waals surface area contributed by atoms with Crippen molar-refractivity contribution in [3.63, 3.8) is 0 Å². The molecule has 0 aliphatic heterocycles. The van der Waals surface area contributed by atoms with Gasteiger partial charge in [0.1, 0.15) is 5.75 Å². The molecule has 1 fully saturated rings. The maximum absolute atomic E-state index is 5.67. The zero-order valence-corrected chi connectivity index (χ0v) is 13.2. The number of rotatable bonds is 6. The Morgan fingerprint density at radius 1 is 1.05 bits per heavy atom. The van der Waals surface area contributed by atoms with Gasteiger partial charge in [0, 0.05) is 12.6 Å². The van der Waals surface area contributed by atoms with E-state index < -0.39 is 0 Å². The molecule has 0 bridgehead atoms. The van der Waals surface area contributed by atoms with E-state index in [-0.39, 0.29) is 6.10 Å². The molecule has 2 rings (SSSR count). The molecule has 2 nitrogen and oxygen atoms in total. The van der Waals surface area contributed by atoms with Crippen LogP contribution in [0.2, 0.25) is 0 Å². The average molecular weight is 275 g/mol. The van der Waals surface area contributed by atoms with Gasteiger partial charge in [-0.2, -0.15) is 0 Å². The van der Waals surface area contributed by atoms with Crippen LogP contribution in [0.3, 0.4) is 0 Å². The molecule has 0 spiro atoms. The second-order valence-corrected chi connectivity index (χ2v) is 6.38. The van der Waals surface area contributed by atoms with Crippen LogP contribution in [0.25, 0.3) is 0 Å². The van der Waals surface area contributed by atoms with Crippen molar-refractivity contribution in [1.82, 2.24) is 5.32 Å². The van der Waals surface area contributed by atoms with Gasteiger partial charge in [-0.15, -0.1) is 0 Å². The van der Waals surface area contributed by atoms with Gasteiger partial charge in [-0.25, -0.2) is 0 Å². The molecular weight excluding hydrogens is 246 g/mol. The van der Waals surface area contributed by atoms with Crippen LogP contribution in [0.4, 0.5) is 0 Å². The summed E-state index contributed by atoms with van der Waals surface area (Å²) in [7, 11) is 0. The van der Waals surface area contributed by atoms with E-state index >= 15 is 0 Å². The molecule has 1 aromatic rings. The lowest BCUT2D eigenvalue weighted by molar-refractivity contribution is 0.242. The normalized spacial score (nSPS) is 18.2. The first-order valence-corrected chi connectivity index (χ1v) is 8.14. The van der Waals surface area contributed by atoms with E-state index in [4.69, 9.17) is 4.74 Å². The number of hydrogen-bond donors (Lipinski definition) is 1. The predicted octanol–water partition coefficient (Wildman–Crippen LogP) is 4.53. The van der Waals surface area contributed by atoms with Crippen LogP contribution in [0.15, 0.2) is 24.3 Å². The molecule has 20 heavy (non-hydrogen) atoms. The fraction of sp³-hybridized carbons (Fsp3) is 0.667. The van der Waals surface area contributed by atoms with E-state index in [1.807, 2.05) is 0 Å². The van der Waals surface area contributed by atoms with Gasteiger partial charge in [0.25, 0.3) is 0 Å². The molecule has 0 saturated heterocycles. The van der Waals surface area contributed by atoms with Gasteiger partial charge in [0.2, 0.25) is 0 Å². The highest BCUT2D eigenvalue weighted by Crippen LogP contribution is 2.26. The largest absolute Gasteiger partial charge is 0.491 e. The number of nitrogens with one attached hydrogen (secondary N) is 1. The molecule has 0 heterocycles. The van der Waals surface area contributed by atoms with Crippen molar-refractivity contribution in [1.29, 1.82) is 0 Å². The highest BCUT2D eigenvalue weighted by atomic mass is 16.5. The van der Waals surface area contributed by atoms with Crippen molar-refractivity contribution >= 4 is 0 Å². The van der Waals surface area contributed by atoms with Crippen molar-refractivity contribution in [3.05, 3.63) is 29.8 Å². The molecule has 1 aromatic carbocycles. The molecule has 1 aliphatic carbocycles. The van der Waals surface area contributed by atoms with E-state index in [1.165, 1.54) is 37.7 Å². The van der Waals surface area contributed by atoms with Gasteiger partial charge in [0.05, 0.1) is 6.10 Å². The Hall–Kier alpha value is -1.02. The highest BCUT2D eigenvalue weighted by molar-refractivity contribution is 5.27. The van der Waals surface area contributed by atoms with E-state index in [0.29, 0.717) is 6.04 Å². The standard InChI is InChI=1S/C18H29NO/c1-14(2)20-18-11-9-16(10-12-18)13-19-15(3)17-7-5-4-6-8-17/h9-12,14-15,17,19H,4-8,13H2,1-3H3/t15-/m1/s1. The number of hydrogen-bond acceptors (Lipinski definition) is 2. The maximum atomic E-state index is 5.67. The summed E-state index contributed by atoms with van der Waals surface area (Å²) in [6, 6.07) is 9.10. The summed E-state index contributed by atoms with van der Waals surface area (Å²) in [6.07, 6.45) is 7.30. The molecule has 1 N–H and O–H groups in total. The second kappa shape index (κ2) is 7.68. The van der Waals surface area contributed by atoms with Gasteiger partial charge >= 0.3 is 0 Å². The summed E-state index contributed by atoms with van der Waals surface area (Å²) in [6.45, 7) is 7.41. The predicted molar refractivity (Wildman–Crippen MR) is 85.1 cm³/mol. The molecule has 2 heteroatoms. The zero-order chi connectivity index (χ0) is 14.4. The van der Waals surface area contributed by atoms with Crippen LogP contribution in [0, 0.1) is 5.92 Å². The summed E-state index contributed by atoms with van der Waals surface area (Å²) in [5, 5.41) is 3.69. The lowest BCUT2D eigenvalue weighted by atomic mass is 9.84. The Bertz CT molecular complexity index is 379. The Morgan fingerprint density at radius 2 is 1.70 bits per heavy atom. The van der Waals surface area contributed by atoms with Crippen LogP contribution in [0.5, 0.6) is 5.75 Å². The van der Waals surface area contributed by atoms with Crippen molar-refractivity contribution in [3.8, 4) is 5.75 Å². The first-order valence-electron chi connectivity index (χ1n) is 8.14. The Kier molecular flexibility index (Phi) is 5.90. The van der Waals surface area contributed by atoms with Crippen molar-refractivity contribution in [2.75, 3.05) is 0 Å². The SMILES string of the molecule is CC(C)Oc1ccc(CN[C@H](C)C2CCCCC2)cc1. The van der Waals surface area contributed by atoms with Gasteiger partial charge in [0.15, 0.2) is 0 Å². The first-order chi connectivity index (χ1) is 9.65. The molecule has 1 saturated carbocycles. The van der Waals surface area contributed by atoms with Crippen LogP contribution < -0.4 is 10.1 Å². The zero-order valence-electron chi connectivity index (χ0n) is 13.2. The second-order valence-electron chi connectivity index (χ2n) is 6.38. The molecule has 0 amide bonds. The molecule has 0 unspecified atom stereocenters. The van der Waals surface area contributed by atoms with Crippen molar-refractivity contribution in [2.45, 2.75) is 71.6 Å². The number of ether oxygens (including phenoxy) is 1. The third-order valence-corrected chi connectivity index (χ3v) is 4.28. The fourth-order valence-electron chi connectivity index (χ4n) is 3.04. The van der Waals surface area contributed by atoms with Crippen LogP contribution in [0.1, 0.15) is 58.4 Å². The summed E-state index contributed by atoms with van der Waals surface area (Å²) in [4.78, 5) is 0. The molecule has 1 aliphatic rings. The van der Waals surface area contributed by atoms with E-state index in [0.717, 1.165) is 18.2 Å². The van der Waals surface area contributed by atoms with E-state index in [2.05, 4.69) is 50.4 Å². The molecule has 1 atom stereocenters. The van der Waals surface area contributed by atoms with Crippen molar-refractivity contribution < 1.29 is 4.74 Å². The summed E-state index contributed by atoms with van der Waals surface area (Å²) in [5.41, 5.74) is 1.34. The minimum Gasteiger partial charge on any atom is -0.491 e. The molecule has 112 valence electrons. The Morgan fingerprint density at radius 3 is 2.30 bits per heavy atom. The lowest BCUT2D eigenvalue weighted by Crippen LogP contribution is -2.34. The Balaban J connectivity index is 1.78. The minimum absolute atomic E-state index is 0.241.